The molecule has 0 aliphatic heterocycles. The van der Waals surface area contributed by atoms with Gasteiger partial charge in [0.15, 0.2) is 0 Å². The van der Waals surface area contributed by atoms with Crippen molar-refractivity contribution in [3.63, 3.8) is 0 Å². The van der Waals surface area contributed by atoms with E-state index in [0.29, 0.717) is 12.0 Å². The van der Waals surface area contributed by atoms with Crippen LogP contribution in [0, 0.1) is 11.3 Å². The van der Waals surface area contributed by atoms with E-state index >= 15 is 0 Å². The van der Waals surface area contributed by atoms with E-state index in [0.717, 1.165) is 11.1 Å². The van der Waals surface area contributed by atoms with Crippen molar-refractivity contribution in [2.24, 2.45) is 5.73 Å². The van der Waals surface area contributed by atoms with Gasteiger partial charge in [0.1, 0.15) is 0 Å². The van der Waals surface area contributed by atoms with E-state index in [4.69, 9.17) is 11.0 Å². The van der Waals surface area contributed by atoms with Crippen LogP contribution >= 0.6 is 12.4 Å². The highest BCUT2D eigenvalue weighted by molar-refractivity contribution is 5.85. The van der Waals surface area contributed by atoms with Gasteiger partial charge < -0.3 is 10.8 Å². The standard InChI is InChI=1S/C16H16N2O.ClH/c17-11-13-6-8-14(9-7-13)16(18)15(19)10-12-4-2-1-3-5-12;/h1-9,15-16,19H,10,18H2;1H/t15-,16+;/m0./s1. The number of nitriles is 1. The molecule has 0 unspecified atom stereocenters. The molecule has 0 bridgehead atoms. The summed E-state index contributed by atoms with van der Waals surface area (Å²) in [5.41, 5.74) is 8.53. The first-order valence-corrected chi connectivity index (χ1v) is 6.18. The summed E-state index contributed by atoms with van der Waals surface area (Å²) >= 11 is 0. The Bertz CT molecular complexity index is 563. The predicted octanol–water partition coefficient (Wildman–Crippen LogP) is 2.58. The van der Waals surface area contributed by atoms with Crippen molar-refractivity contribution in [1.82, 2.24) is 0 Å². The molecule has 20 heavy (non-hydrogen) atoms. The van der Waals surface area contributed by atoms with Crippen LogP contribution in [0.4, 0.5) is 0 Å². The highest BCUT2D eigenvalue weighted by Gasteiger charge is 2.17. The van der Waals surface area contributed by atoms with E-state index in [1.807, 2.05) is 30.3 Å². The molecule has 2 atom stereocenters. The van der Waals surface area contributed by atoms with Gasteiger partial charge in [-0.3, -0.25) is 0 Å². The third kappa shape index (κ3) is 4.07. The zero-order valence-corrected chi connectivity index (χ0v) is 11.8. The van der Waals surface area contributed by atoms with Crippen molar-refractivity contribution < 1.29 is 5.11 Å². The summed E-state index contributed by atoms with van der Waals surface area (Å²) in [6, 6.07) is 18.4. The van der Waals surface area contributed by atoms with Gasteiger partial charge in [-0.05, 0) is 23.3 Å². The van der Waals surface area contributed by atoms with Gasteiger partial charge in [0.25, 0.3) is 0 Å². The second kappa shape index (κ2) is 7.66. The van der Waals surface area contributed by atoms with E-state index in [1.54, 1.807) is 24.3 Å². The van der Waals surface area contributed by atoms with Crippen LogP contribution in [-0.4, -0.2) is 11.2 Å². The molecule has 3 N–H and O–H groups in total. The van der Waals surface area contributed by atoms with Crippen LogP contribution in [0.15, 0.2) is 54.6 Å². The number of nitrogens with zero attached hydrogens (tertiary/aromatic N) is 1. The Balaban J connectivity index is 0.00000200. The summed E-state index contributed by atoms with van der Waals surface area (Å²) in [7, 11) is 0. The lowest BCUT2D eigenvalue weighted by atomic mass is 9.96. The molecule has 2 aromatic rings. The molecule has 0 aromatic heterocycles. The first-order chi connectivity index (χ1) is 9.20. The number of rotatable bonds is 4. The quantitative estimate of drug-likeness (QED) is 0.908. The molecule has 4 heteroatoms. The van der Waals surface area contributed by atoms with E-state index in [1.165, 1.54) is 0 Å². The van der Waals surface area contributed by atoms with Gasteiger partial charge in [0.2, 0.25) is 0 Å². The number of aliphatic hydroxyl groups excluding tert-OH is 1. The minimum Gasteiger partial charge on any atom is -0.391 e. The largest absolute Gasteiger partial charge is 0.391 e. The van der Waals surface area contributed by atoms with Crippen LogP contribution in [-0.2, 0) is 6.42 Å². The monoisotopic (exact) mass is 288 g/mol. The van der Waals surface area contributed by atoms with Crippen molar-refractivity contribution in [3.8, 4) is 6.07 Å². The molecule has 0 aliphatic rings. The SMILES string of the molecule is Cl.N#Cc1ccc([C@@H](N)[C@@H](O)Cc2ccccc2)cc1. The lowest BCUT2D eigenvalue weighted by Gasteiger charge is -2.19. The molecule has 3 nitrogen and oxygen atoms in total. The Morgan fingerprint density at radius 1 is 1.05 bits per heavy atom. The van der Waals surface area contributed by atoms with Crippen LogP contribution in [0.5, 0.6) is 0 Å². The summed E-state index contributed by atoms with van der Waals surface area (Å²) in [6.45, 7) is 0. The number of halogens is 1. The van der Waals surface area contributed by atoms with Crippen LogP contribution < -0.4 is 5.73 Å². The number of hydrogen-bond donors (Lipinski definition) is 2. The smallest absolute Gasteiger partial charge is 0.0991 e. The Morgan fingerprint density at radius 3 is 2.20 bits per heavy atom. The van der Waals surface area contributed by atoms with Crippen molar-refractivity contribution in [3.05, 3.63) is 71.3 Å². The Hall–Kier alpha value is -1.86. The molecular formula is C16H17ClN2O. The van der Waals surface area contributed by atoms with Crippen molar-refractivity contribution in [1.29, 1.82) is 5.26 Å². The maximum atomic E-state index is 10.2. The fraction of sp³-hybridized carbons (Fsp3) is 0.188. The number of nitrogens with two attached hydrogens (primary N) is 1. The van der Waals surface area contributed by atoms with Gasteiger partial charge in [-0.2, -0.15) is 5.26 Å². The number of aliphatic hydroxyl groups is 1. The number of hydrogen-bond acceptors (Lipinski definition) is 3. The fourth-order valence-corrected chi connectivity index (χ4v) is 1.98. The molecule has 0 heterocycles. The van der Waals surface area contributed by atoms with Crippen molar-refractivity contribution in [2.45, 2.75) is 18.6 Å². The molecule has 0 radical (unpaired) electrons. The molecule has 0 aliphatic carbocycles. The predicted molar refractivity (Wildman–Crippen MR) is 81.5 cm³/mol. The van der Waals surface area contributed by atoms with E-state index < -0.39 is 12.1 Å². The average molecular weight is 289 g/mol. The number of benzene rings is 2. The maximum absolute atomic E-state index is 10.2. The highest BCUT2D eigenvalue weighted by atomic mass is 35.5. The molecule has 0 fully saturated rings. The first-order valence-electron chi connectivity index (χ1n) is 6.18. The van der Waals surface area contributed by atoms with E-state index in [-0.39, 0.29) is 12.4 Å². The normalized spacial score (nSPS) is 12.8. The minimum atomic E-state index is -0.643. The maximum Gasteiger partial charge on any atom is 0.0991 e. The van der Waals surface area contributed by atoms with Gasteiger partial charge in [-0.1, -0.05) is 42.5 Å². The average Bonchev–Trinajstić information content (AvgIpc) is 2.47. The summed E-state index contributed by atoms with van der Waals surface area (Å²) in [6.07, 6.45) is -0.127. The molecule has 2 rings (SSSR count). The fourth-order valence-electron chi connectivity index (χ4n) is 1.98. The van der Waals surface area contributed by atoms with Crippen molar-refractivity contribution >= 4 is 12.4 Å². The van der Waals surface area contributed by atoms with Gasteiger partial charge in [0.05, 0.1) is 23.8 Å². The van der Waals surface area contributed by atoms with Crippen molar-refractivity contribution in [2.75, 3.05) is 0 Å². The zero-order chi connectivity index (χ0) is 13.7. The summed E-state index contributed by atoms with van der Waals surface area (Å²) < 4.78 is 0. The Kier molecular flexibility index (Phi) is 6.20. The second-order valence-electron chi connectivity index (χ2n) is 4.52. The zero-order valence-electron chi connectivity index (χ0n) is 10.9. The van der Waals surface area contributed by atoms with Crippen LogP contribution in [0.25, 0.3) is 0 Å². The second-order valence-corrected chi connectivity index (χ2v) is 4.52. The Morgan fingerprint density at radius 2 is 1.65 bits per heavy atom. The summed E-state index contributed by atoms with van der Waals surface area (Å²) in [4.78, 5) is 0. The van der Waals surface area contributed by atoms with Gasteiger partial charge in [-0.15, -0.1) is 12.4 Å². The molecule has 104 valence electrons. The molecule has 0 spiro atoms. The lowest BCUT2D eigenvalue weighted by molar-refractivity contribution is 0.145. The topological polar surface area (TPSA) is 70.0 Å². The van der Waals surface area contributed by atoms with Crippen LogP contribution in [0.2, 0.25) is 0 Å². The molecule has 0 saturated heterocycles. The lowest BCUT2D eigenvalue weighted by Crippen LogP contribution is -2.28. The van der Waals surface area contributed by atoms with Crippen LogP contribution in [0.1, 0.15) is 22.7 Å². The van der Waals surface area contributed by atoms with Gasteiger partial charge in [-0.25, -0.2) is 0 Å². The molecule has 0 saturated carbocycles. The summed E-state index contributed by atoms with van der Waals surface area (Å²) in [5, 5.41) is 18.9. The van der Waals surface area contributed by atoms with Gasteiger partial charge in [0, 0.05) is 6.42 Å². The third-order valence-corrected chi connectivity index (χ3v) is 3.13. The highest BCUT2D eigenvalue weighted by Crippen LogP contribution is 2.18. The first kappa shape index (κ1) is 16.2. The summed E-state index contributed by atoms with van der Waals surface area (Å²) in [5.74, 6) is 0. The van der Waals surface area contributed by atoms with E-state index in [9.17, 15) is 5.11 Å². The Labute approximate surface area is 125 Å². The molecular weight excluding hydrogens is 272 g/mol. The van der Waals surface area contributed by atoms with Gasteiger partial charge >= 0.3 is 0 Å². The third-order valence-electron chi connectivity index (χ3n) is 3.13. The molecule has 2 aromatic carbocycles. The minimum absolute atomic E-state index is 0. The van der Waals surface area contributed by atoms with Crippen LogP contribution in [0.3, 0.4) is 0 Å². The molecule has 0 amide bonds. The van der Waals surface area contributed by atoms with E-state index in [2.05, 4.69) is 6.07 Å².